The maximum absolute atomic E-state index is 12.5. The first-order chi connectivity index (χ1) is 9.78. The van der Waals surface area contributed by atoms with Crippen molar-refractivity contribution in [3.8, 4) is 11.5 Å². The molecule has 1 aromatic carbocycles. The van der Waals surface area contributed by atoms with Gasteiger partial charge >= 0.3 is 0 Å². The molecular weight excluding hydrogens is 258 g/mol. The summed E-state index contributed by atoms with van der Waals surface area (Å²) in [6.07, 6.45) is 2.07. The Morgan fingerprint density at radius 3 is 2.60 bits per heavy atom. The van der Waals surface area contributed by atoms with Crippen molar-refractivity contribution < 1.29 is 19.0 Å². The second kappa shape index (κ2) is 5.71. The molecule has 1 fully saturated rings. The lowest BCUT2D eigenvalue weighted by molar-refractivity contribution is 0.0350. The van der Waals surface area contributed by atoms with Crippen LogP contribution < -0.4 is 9.47 Å². The fourth-order valence-electron chi connectivity index (χ4n) is 2.65. The Kier molecular flexibility index (Phi) is 3.78. The van der Waals surface area contributed by atoms with Gasteiger partial charge in [0.05, 0.1) is 6.10 Å². The summed E-state index contributed by atoms with van der Waals surface area (Å²) < 4.78 is 16.3. The predicted molar refractivity (Wildman–Crippen MR) is 73.4 cm³/mol. The van der Waals surface area contributed by atoms with E-state index in [4.69, 9.17) is 14.2 Å². The highest BCUT2D eigenvalue weighted by molar-refractivity contribution is 5.95. The van der Waals surface area contributed by atoms with Crippen LogP contribution >= 0.6 is 0 Å². The lowest BCUT2D eigenvalue weighted by Crippen LogP contribution is -2.40. The van der Waals surface area contributed by atoms with E-state index in [2.05, 4.69) is 0 Å². The second-order valence-electron chi connectivity index (χ2n) is 5.09. The van der Waals surface area contributed by atoms with Gasteiger partial charge in [-0.3, -0.25) is 4.79 Å². The van der Waals surface area contributed by atoms with E-state index in [1.807, 2.05) is 11.0 Å². The Hall–Kier alpha value is -1.75. The number of piperidine rings is 1. The van der Waals surface area contributed by atoms with Gasteiger partial charge in [-0.25, -0.2) is 0 Å². The highest BCUT2D eigenvalue weighted by Crippen LogP contribution is 2.31. The van der Waals surface area contributed by atoms with E-state index in [9.17, 15) is 4.79 Å². The van der Waals surface area contributed by atoms with E-state index >= 15 is 0 Å². The van der Waals surface area contributed by atoms with Gasteiger partial charge in [-0.15, -0.1) is 0 Å². The van der Waals surface area contributed by atoms with Crippen molar-refractivity contribution in [3.05, 3.63) is 23.8 Å². The molecule has 1 aromatic rings. The topological polar surface area (TPSA) is 48.0 Å². The molecule has 0 spiro atoms. The largest absolute Gasteiger partial charge is 0.486 e. The number of hydrogen-bond acceptors (Lipinski definition) is 4. The normalized spacial score (nSPS) is 18.9. The summed E-state index contributed by atoms with van der Waals surface area (Å²) in [4.78, 5) is 14.3. The Bertz CT molecular complexity index is 495. The van der Waals surface area contributed by atoms with Crippen LogP contribution in [0, 0.1) is 0 Å². The molecule has 0 aliphatic carbocycles. The number of rotatable bonds is 2. The van der Waals surface area contributed by atoms with Crippen molar-refractivity contribution in [2.75, 3.05) is 33.4 Å². The molecule has 0 radical (unpaired) electrons. The SMILES string of the molecule is COC1CCN(C(=O)c2ccc3c(c2)OCCO3)CC1. The maximum atomic E-state index is 12.5. The predicted octanol–water partition coefficient (Wildman–Crippen LogP) is 1.71. The number of carbonyl (C=O) groups excluding carboxylic acids is 1. The summed E-state index contributed by atoms with van der Waals surface area (Å²) in [7, 11) is 1.73. The lowest BCUT2D eigenvalue weighted by atomic mass is 10.1. The van der Waals surface area contributed by atoms with Crippen LogP contribution in [-0.4, -0.2) is 50.3 Å². The van der Waals surface area contributed by atoms with E-state index in [0.29, 0.717) is 30.3 Å². The first-order valence-corrected chi connectivity index (χ1v) is 6.99. The quantitative estimate of drug-likeness (QED) is 0.825. The van der Waals surface area contributed by atoms with Crippen LogP contribution in [-0.2, 0) is 4.74 Å². The average Bonchev–Trinajstić information content (AvgIpc) is 2.54. The third kappa shape index (κ3) is 2.58. The van der Waals surface area contributed by atoms with Gasteiger partial charge in [0.15, 0.2) is 11.5 Å². The summed E-state index contributed by atoms with van der Waals surface area (Å²) >= 11 is 0. The van der Waals surface area contributed by atoms with Gasteiger partial charge in [0.25, 0.3) is 5.91 Å². The van der Waals surface area contributed by atoms with E-state index in [1.165, 1.54) is 0 Å². The highest BCUT2D eigenvalue weighted by Gasteiger charge is 2.24. The number of fused-ring (bicyclic) bond motifs is 1. The van der Waals surface area contributed by atoms with Crippen LogP contribution in [0.5, 0.6) is 11.5 Å². The summed E-state index contributed by atoms with van der Waals surface area (Å²) in [5, 5.41) is 0. The Morgan fingerprint density at radius 1 is 1.20 bits per heavy atom. The van der Waals surface area contributed by atoms with Crippen molar-refractivity contribution in [3.63, 3.8) is 0 Å². The molecule has 0 unspecified atom stereocenters. The van der Waals surface area contributed by atoms with E-state index in [0.717, 1.165) is 25.9 Å². The van der Waals surface area contributed by atoms with E-state index in [1.54, 1.807) is 19.2 Å². The molecule has 5 nitrogen and oxygen atoms in total. The number of benzene rings is 1. The van der Waals surface area contributed by atoms with Crippen LogP contribution in [0.25, 0.3) is 0 Å². The van der Waals surface area contributed by atoms with Gasteiger partial charge in [0.2, 0.25) is 0 Å². The smallest absolute Gasteiger partial charge is 0.253 e. The molecule has 0 saturated carbocycles. The minimum Gasteiger partial charge on any atom is -0.486 e. The molecule has 2 aliphatic rings. The zero-order valence-electron chi connectivity index (χ0n) is 11.6. The van der Waals surface area contributed by atoms with Crippen LogP contribution in [0.4, 0.5) is 0 Å². The van der Waals surface area contributed by atoms with Gasteiger partial charge in [-0.1, -0.05) is 0 Å². The van der Waals surface area contributed by atoms with E-state index in [-0.39, 0.29) is 12.0 Å². The van der Waals surface area contributed by atoms with Crippen LogP contribution in [0.1, 0.15) is 23.2 Å². The molecule has 2 aliphatic heterocycles. The zero-order valence-corrected chi connectivity index (χ0v) is 11.6. The van der Waals surface area contributed by atoms with Crippen LogP contribution in [0.15, 0.2) is 18.2 Å². The molecule has 5 heteroatoms. The number of ether oxygens (including phenoxy) is 3. The number of likely N-dealkylation sites (tertiary alicyclic amines) is 1. The van der Waals surface area contributed by atoms with Crippen molar-refractivity contribution in [1.29, 1.82) is 0 Å². The lowest BCUT2D eigenvalue weighted by Gasteiger charge is -2.31. The number of hydrogen-bond donors (Lipinski definition) is 0. The average molecular weight is 277 g/mol. The summed E-state index contributed by atoms with van der Waals surface area (Å²) in [6, 6.07) is 5.39. The maximum Gasteiger partial charge on any atom is 0.253 e. The highest BCUT2D eigenvalue weighted by atomic mass is 16.6. The second-order valence-corrected chi connectivity index (χ2v) is 5.09. The molecule has 108 valence electrons. The van der Waals surface area contributed by atoms with Gasteiger partial charge in [0.1, 0.15) is 13.2 Å². The first-order valence-electron chi connectivity index (χ1n) is 6.99. The molecule has 0 N–H and O–H groups in total. The van der Waals surface area contributed by atoms with Crippen molar-refractivity contribution in [2.45, 2.75) is 18.9 Å². The van der Waals surface area contributed by atoms with Crippen LogP contribution in [0.3, 0.4) is 0 Å². The number of amides is 1. The third-order valence-corrected chi connectivity index (χ3v) is 3.85. The summed E-state index contributed by atoms with van der Waals surface area (Å²) in [5.74, 6) is 1.43. The Balaban J connectivity index is 1.71. The first kappa shape index (κ1) is 13.2. The van der Waals surface area contributed by atoms with Gasteiger partial charge < -0.3 is 19.1 Å². The van der Waals surface area contributed by atoms with Gasteiger partial charge in [0, 0.05) is 25.8 Å². The third-order valence-electron chi connectivity index (χ3n) is 3.85. The molecule has 0 atom stereocenters. The molecular formula is C15H19NO4. The number of nitrogens with zero attached hydrogens (tertiary/aromatic N) is 1. The van der Waals surface area contributed by atoms with Crippen molar-refractivity contribution in [1.82, 2.24) is 4.90 Å². The summed E-state index contributed by atoms with van der Waals surface area (Å²) in [5.41, 5.74) is 0.658. The zero-order chi connectivity index (χ0) is 13.9. The Labute approximate surface area is 118 Å². The van der Waals surface area contributed by atoms with Crippen molar-refractivity contribution >= 4 is 5.91 Å². The monoisotopic (exact) mass is 277 g/mol. The number of methoxy groups -OCH3 is 1. The Morgan fingerprint density at radius 2 is 1.90 bits per heavy atom. The molecule has 3 rings (SSSR count). The summed E-state index contributed by atoms with van der Waals surface area (Å²) in [6.45, 7) is 2.58. The van der Waals surface area contributed by atoms with Crippen LogP contribution in [0.2, 0.25) is 0 Å². The molecule has 0 bridgehead atoms. The van der Waals surface area contributed by atoms with E-state index < -0.39 is 0 Å². The molecule has 1 saturated heterocycles. The minimum atomic E-state index is 0.0523. The number of carbonyl (C=O) groups is 1. The minimum absolute atomic E-state index is 0.0523. The van der Waals surface area contributed by atoms with Crippen molar-refractivity contribution in [2.24, 2.45) is 0 Å². The van der Waals surface area contributed by atoms with Gasteiger partial charge in [-0.2, -0.15) is 0 Å². The van der Waals surface area contributed by atoms with Gasteiger partial charge in [-0.05, 0) is 31.0 Å². The standard InChI is InChI=1S/C15H19NO4/c1-18-12-4-6-16(7-5-12)15(17)11-2-3-13-14(10-11)20-9-8-19-13/h2-3,10,12H,4-9H2,1H3. The molecule has 1 amide bonds. The fourth-order valence-corrected chi connectivity index (χ4v) is 2.65. The molecule has 0 aromatic heterocycles. The molecule has 2 heterocycles. The fraction of sp³-hybridized carbons (Fsp3) is 0.533. The molecule has 20 heavy (non-hydrogen) atoms.